The first-order valence-electron chi connectivity index (χ1n) is 7.91. The molecule has 1 N–H and O–H groups in total. The Morgan fingerprint density at radius 2 is 2.05 bits per heavy atom. The van der Waals surface area contributed by atoms with E-state index in [1.165, 1.54) is 32.2 Å². The van der Waals surface area contributed by atoms with Crippen LogP contribution in [-0.2, 0) is 6.54 Å². The molecule has 0 saturated carbocycles. The SMILES string of the molecule is Cc1cc(Cl)c(CN2CCC(C3CCCN3)CC2)c(Cl)n1. The van der Waals surface area contributed by atoms with Gasteiger partial charge in [0.25, 0.3) is 0 Å². The Labute approximate surface area is 137 Å². The monoisotopic (exact) mass is 327 g/mol. The fourth-order valence-electron chi connectivity index (χ4n) is 3.62. The first-order valence-corrected chi connectivity index (χ1v) is 8.66. The zero-order valence-corrected chi connectivity index (χ0v) is 14.1. The zero-order chi connectivity index (χ0) is 14.8. The van der Waals surface area contributed by atoms with Crippen LogP contribution in [0.15, 0.2) is 6.07 Å². The Kier molecular flexibility index (Phi) is 5.05. The van der Waals surface area contributed by atoms with Crippen molar-refractivity contribution in [3.8, 4) is 0 Å². The molecule has 3 rings (SSSR count). The summed E-state index contributed by atoms with van der Waals surface area (Å²) in [5, 5.41) is 4.94. The third kappa shape index (κ3) is 3.70. The van der Waals surface area contributed by atoms with E-state index in [9.17, 15) is 0 Å². The largest absolute Gasteiger partial charge is 0.314 e. The second-order valence-corrected chi connectivity index (χ2v) is 7.10. The highest BCUT2D eigenvalue weighted by molar-refractivity contribution is 6.35. The molecule has 3 nitrogen and oxygen atoms in total. The lowest BCUT2D eigenvalue weighted by atomic mass is 9.88. The molecule has 116 valence electrons. The van der Waals surface area contributed by atoms with Gasteiger partial charge in [0.2, 0.25) is 0 Å². The highest BCUT2D eigenvalue weighted by Crippen LogP contribution is 2.29. The van der Waals surface area contributed by atoms with Crippen molar-refractivity contribution in [3.05, 3.63) is 27.5 Å². The quantitative estimate of drug-likeness (QED) is 0.859. The number of rotatable bonds is 3. The van der Waals surface area contributed by atoms with Crippen LogP contribution in [0.2, 0.25) is 10.2 Å². The van der Waals surface area contributed by atoms with Crippen molar-refractivity contribution in [3.63, 3.8) is 0 Å². The Balaban J connectivity index is 1.58. The molecule has 2 aliphatic rings. The molecule has 2 aliphatic heterocycles. The fourth-order valence-corrected chi connectivity index (χ4v) is 4.27. The molecule has 1 atom stereocenters. The van der Waals surface area contributed by atoms with Gasteiger partial charge in [-0.15, -0.1) is 0 Å². The summed E-state index contributed by atoms with van der Waals surface area (Å²) in [4.78, 5) is 6.78. The zero-order valence-electron chi connectivity index (χ0n) is 12.5. The van der Waals surface area contributed by atoms with E-state index in [0.29, 0.717) is 5.15 Å². The molecule has 21 heavy (non-hydrogen) atoms. The van der Waals surface area contributed by atoms with Crippen LogP contribution < -0.4 is 5.32 Å². The smallest absolute Gasteiger partial charge is 0.135 e. The minimum absolute atomic E-state index is 0.555. The van der Waals surface area contributed by atoms with Crippen LogP contribution in [0.4, 0.5) is 0 Å². The Bertz CT molecular complexity index is 469. The first-order chi connectivity index (χ1) is 10.1. The van der Waals surface area contributed by atoms with Gasteiger partial charge in [-0.3, -0.25) is 4.90 Å². The number of nitrogens with zero attached hydrogens (tertiary/aromatic N) is 2. The second kappa shape index (κ2) is 6.82. The maximum Gasteiger partial charge on any atom is 0.135 e. The number of pyridine rings is 1. The molecule has 0 spiro atoms. The molecular formula is C16H23Cl2N3. The van der Waals surface area contributed by atoms with Crippen molar-refractivity contribution < 1.29 is 0 Å². The van der Waals surface area contributed by atoms with Crippen LogP contribution in [0.1, 0.15) is 36.9 Å². The van der Waals surface area contributed by atoms with Gasteiger partial charge in [-0.2, -0.15) is 0 Å². The van der Waals surface area contributed by atoms with Crippen LogP contribution >= 0.6 is 23.2 Å². The number of piperidine rings is 1. The van der Waals surface area contributed by atoms with E-state index < -0.39 is 0 Å². The third-order valence-electron chi connectivity index (χ3n) is 4.83. The van der Waals surface area contributed by atoms with Crippen LogP contribution in [0.3, 0.4) is 0 Å². The van der Waals surface area contributed by atoms with Crippen molar-refractivity contribution >= 4 is 23.2 Å². The van der Waals surface area contributed by atoms with Gasteiger partial charge in [0.15, 0.2) is 0 Å². The average molecular weight is 328 g/mol. The van der Waals surface area contributed by atoms with Crippen molar-refractivity contribution in [1.29, 1.82) is 0 Å². The van der Waals surface area contributed by atoms with Gasteiger partial charge in [0, 0.05) is 28.9 Å². The van der Waals surface area contributed by atoms with Gasteiger partial charge in [0.05, 0.1) is 0 Å². The average Bonchev–Trinajstić information content (AvgIpc) is 2.97. The number of hydrogen-bond donors (Lipinski definition) is 1. The molecule has 2 fully saturated rings. The van der Waals surface area contributed by atoms with Crippen molar-refractivity contribution in [1.82, 2.24) is 15.2 Å². The molecule has 1 unspecified atom stereocenters. The van der Waals surface area contributed by atoms with E-state index in [-0.39, 0.29) is 0 Å². The Hall–Kier alpha value is -0.350. The summed E-state index contributed by atoms with van der Waals surface area (Å²) in [5.41, 5.74) is 1.85. The Morgan fingerprint density at radius 1 is 1.29 bits per heavy atom. The summed E-state index contributed by atoms with van der Waals surface area (Å²) in [7, 11) is 0. The molecule has 2 saturated heterocycles. The number of hydrogen-bond acceptors (Lipinski definition) is 3. The van der Waals surface area contributed by atoms with Crippen LogP contribution in [0.5, 0.6) is 0 Å². The van der Waals surface area contributed by atoms with Crippen LogP contribution in [-0.4, -0.2) is 35.6 Å². The van der Waals surface area contributed by atoms with E-state index in [1.54, 1.807) is 0 Å². The van der Waals surface area contributed by atoms with E-state index in [2.05, 4.69) is 15.2 Å². The summed E-state index contributed by atoms with van der Waals surface area (Å²) in [6, 6.07) is 2.65. The van der Waals surface area contributed by atoms with Crippen LogP contribution in [0.25, 0.3) is 0 Å². The van der Waals surface area contributed by atoms with Gasteiger partial charge in [-0.05, 0) is 64.2 Å². The maximum absolute atomic E-state index is 6.33. The van der Waals surface area contributed by atoms with E-state index in [0.717, 1.165) is 47.9 Å². The van der Waals surface area contributed by atoms with Gasteiger partial charge in [-0.1, -0.05) is 23.2 Å². The molecule has 0 bridgehead atoms. The molecule has 3 heterocycles. The number of likely N-dealkylation sites (tertiary alicyclic amines) is 1. The first kappa shape index (κ1) is 15.5. The molecule has 1 aromatic rings. The summed E-state index contributed by atoms with van der Waals surface area (Å²) >= 11 is 12.6. The summed E-state index contributed by atoms with van der Waals surface area (Å²) in [6.07, 6.45) is 5.23. The van der Waals surface area contributed by atoms with Gasteiger partial charge in [0.1, 0.15) is 5.15 Å². The fraction of sp³-hybridized carbons (Fsp3) is 0.688. The van der Waals surface area contributed by atoms with E-state index in [1.807, 2.05) is 13.0 Å². The van der Waals surface area contributed by atoms with Crippen molar-refractivity contribution in [2.45, 2.75) is 45.2 Å². The topological polar surface area (TPSA) is 28.2 Å². The minimum Gasteiger partial charge on any atom is -0.314 e. The molecule has 0 aromatic carbocycles. The second-order valence-electron chi connectivity index (χ2n) is 6.33. The van der Waals surface area contributed by atoms with Gasteiger partial charge in [-0.25, -0.2) is 4.98 Å². The summed E-state index contributed by atoms with van der Waals surface area (Å²) in [5.74, 6) is 0.839. The summed E-state index contributed by atoms with van der Waals surface area (Å²) < 4.78 is 0. The van der Waals surface area contributed by atoms with Crippen molar-refractivity contribution in [2.24, 2.45) is 5.92 Å². The van der Waals surface area contributed by atoms with E-state index >= 15 is 0 Å². The van der Waals surface area contributed by atoms with Gasteiger partial charge < -0.3 is 5.32 Å². The summed E-state index contributed by atoms with van der Waals surface area (Å²) in [6.45, 7) is 6.19. The molecule has 5 heteroatoms. The lowest BCUT2D eigenvalue weighted by molar-refractivity contribution is 0.157. The number of nitrogens with one attached hydrogen (secondary N) is 1. The number of halogens is 2. The van der Waals surface area contributed by atoms with Crippen LogP contribution in [0, 0.1) is 12.8 Å². The minimum atomic E-state index is 0.555. The lowest BCUT2D eigenvalue weighted by Gasteiger charge is -2.35. The predicted octanol–water partition coefficient (Wildman–Crippen LogP) is 3.66. The molecule has 0 amide bonds. The molecule has 1 aromatic heterocycles. The maximum atomic E-state index is 6.33. The highest BCUT2D eigenvalue weighted by atomic mass is 35.5. The predicted molar refractivity (Wildman–Crippen MR) is 88.0 cm³/mol. The third-order valence-corrected chi connectivity index (χ3v) is 5.48. The Morgan fingerprint density at radius 3 is 2.67 bits per heavy atom. The standard InChI is InChI=1S/C16H23Cl2N3/c1-11-9-14(17)13(16(18)20-11)10-21-7-4-12(5-8-21)15-3-2-6-19-15/h9,12,15,19H,2-8,10H2,1H3. The number of aromatic nitrogens is 1. The van der Waals surface area contributed by atoms with Gasteiger partial charge >= 0.3 is 0 Å². The van der Waals surface area contributed by atoms with E-state index in [4.69, 9.17) is 23.2 Å². The molecule has 0 radical (unpaired) electrons. The highest BCUT2D eigenvalue weighted by Gasteiger charge is 2.28. The lowest BCUT2D eigenvalue weighted by Crippen LogP contribution is -2.40. The molecular weight excluding hydrogens is 305 g/mol. The number of aryl methyl sites for hydroxylation is 1. The normalized spacial score (nSPS) is 24.6. The molecule has 0 aliphatic carbocycles. The van der Waals surface area contributed by atoms with Crippen molar-refractivity contribution in [2.75, 3.05) is 19.6 Å².